The maximum atomic E-state index is 5.92. The van der Waals surface area contributed by atoms with Gasteiger partial charge in [0.2, 0.25) is 0 Å². The van der Waals surface area contributed by atoms with Gasteiger partial charge in [-0.25, -0.2) is 0 Å². The Labute approximate surface area is 124 Å². The summed E-state index contributed by atoms with van der Waals surface area (Å²) in [6.07, 6.45) is 0. The van der Waals surface area contributed by atoms with Crippen LogP contribution >= 0.6 is 0 Å². The third kappa shape index (κ3) is 15.0. The number of hydrogen-bond donors (Lipinski definition) is 0. The molecular weight excluding hydrogens is 226 g/mol. The molecule has 0 saturated heterocycles. The molecule has 0 aliphatic carbocycles. The largest absolute Gasteiger partial charge is 1.00 e. The predicted octanol–water partition coefficient (Wildman–Crippen LogP) is 0.153. The van der Waals surface area contributed by atoms with Crippen molar-refractivity contribution < 1.29 is 30.2 Å². The Kier molecular flexibility index (Phi) is 8.34. The minimum Gasteiger partial charge on any atom is -0.611 e. The fraction of sp³-hybridized carbons (Fsp3) is 1.00. The van der Waals surface area contributed by atoms with Gasteiger partial charge >= 0.3 is 34.0 Å². The van der Waals surface area contributed by atoms with Crippen LogP contribution in [0.4, 0.5) is 0 Å². The molecule has 17 heavy (non-hydrogen) atoms. The van der Waals surface area contributed by atoms with Gasteiger partial charge in [-0.05, 0) is 62.3 Å². The van der Waals surface area contributed by atoms with Gasteiger partial charge in [-0.15, -0.1) is 0 Å². The summed E-state index contributed by atoms with van der Waals surface area (Å²) in [5, 5.41) is 0. The van der Waals surface area contributed by atoms with E-state index in [0.717, 1.165) is 0 Å². The van der Waals surface area contributed by atoms with Gasteiger partial charge in [-0.2, -0.15) is 0 Å². The molecule has 0 atom stereocenters. The van der Waals surface area contributed by atoms with Gasteiger partial charge in [0, 0.05) is 16.8 Å². The molecule has 0 heterocycles. The van der Waals surface area contributed by atoms with Gasteiger partial charge in [0.05, 0.1) is 0 Å². The van der Waals surface area contributed by atoms with Crippen LogP contribution in [0.15, 0.2) is 0 Å². The maximum Gasteiger partial charge on any atom is 1.00 e. The quantitative estimate of drug-likeness (QED) is 0.671. The smallest absolute Gasteiger partial charge is 0.611 e. The first-order chi connectivity index (χ1) is 6.79. The van der Waals surface area contributed by atoms with E-state index < -0.39 is 15.1 Å². The summed E-state index contributed by atoms with van der Waals surface area (Å²) in [5.41, 5.74) is -0.637. The molecule has 0 N–H and O–H groups in total. The zero-order valence-electron chi connectivity index (χ0n) is 13.4. The summed E-state index contributed by atoms with van der Waals surface area (Å²) in [7, 11) is 0. The Morgan fingerprint density at radius 3 is 0.824 bits per heavy atom. The van der Waals surface area contributed by atoms with Crippen LogP contribution in [0.5, 0.6) is 0 Å². The Bertz CT molecular complexity index is 175. The Hall–Kier alpha value is 1.01. The van der Waals surface area contributed by atoms with Crippen LogP contribution in [0.2, 0.25) is 0 Å². The summed E-state index contributed by atoms with van der Waals surface area (Å²) >= 11 is -2.50. The fourth-order valence-corrected chi connectivity index (χ4v) is 3.45. The minimum absolute atomic E-state index is 0. The van der Waals surface area contributed by atoms with Gasteiger partial charge in [-0.3, -0.25) is 0 Å². The molecular formula is C12H28AlLiO3. The monoisotopic (exact) mass is 254 g/mol. The summed E-state index contributed by atoms with van der Waals surface area (Å²) in [4.78, 5) is 0. The summed E-state index contributed by atoms with van der Waals surface area (Å²) in [6, 6.07) is 0. The molecule has 0 aromatic heterocycles. The minimum atomic E-state index is -2.50. The van der Waals surface area contributed by atoms with Gasteiger partial charge < -0.3 is 11.4 Å². The van der Waals surface area contributed by atoms with Crippen molar-refractivity contribution in [1.82, 2.24) is 0 Å². The van der Waals surface area contributed by atoms with Gasteiger partial charge in [0.1, 0.15) is 0 Å². The molecule has 0 unspecified atom stereocenters. The summed E-state index contributed by atoms with van der Waals surface area (Å²) in [6.45, 7) is 18.3. The van der Waals surface area contributed by atoms with Crippen molar-refractivity contribution in [1.29, 1.82) is 0 Å². The SMILES string of the molecule is CC(C)(C)[O][AlH-]([O]C(C)(C)C)[O]C(C)(C)C.[Li+]. The van der Waals surface area contributed by atoms with Crippen molar-refractivity contribution in [2.45, 2.75) is 79.1 Å². The summed E-state index contributed by atoms with van der Waals surface area (Å²) < 4.78 is 17.8. The maximum absolute atomic E-state index is 5.92. The van der Waals surface area contributed by atoms with E-state index in [0.29, 0.717) is 0 Å². The average Bonchev–Trinajstić information content (AvgIpc) is 1.70. The normalized spacial score (nSPS) is 13.8. The van der Waals surface area contributed by atoms with Gasteiger partial charge in [-0.1, -0.05) is 0 Å². The third-order valence-electron chi connectivity index (χ3n) is 1.65. The topological polar surface area (TPSA) is 27.7 Å². The molecule has 0 fully saturated rings. The Morgan fingerprint density at radius 1 is 0.529 bits per heavy atom. The zero-order valence-corrected chi connectivity index (χ0v) is 14.8. The first-order valence-electron chi connectivity index (χ1n) is 5.98. The molecule has 0 rings (SSSR count). The van der Waals surface area contributed by atoms with E-state index in [1.54, 1.807) is 0 Å². The first-order valence-corrected chi connectivity index (χ1v) is 7.71. The first kappa shape index (κ1) is 20.3. The molecule has 0 bridgehead atoms. The van der Waals surface area contributed by atoms with Crippen molar-refractivity contribution in [2.75, 3.05) is 0 Å². The third-order valence-corrected chi connectivity index (χ3v) is 4.96. The number of hydrogen-bond acceptors (Lipinski definition) is 3. The van der Waals surface area contributed by atoms with Crippen LogP contribution in [0, 0.1) is 0 Å². The van der Waals surface area contributed by atoms with E-state index in [4.69, 9.17) is 11.4 Å². The molecule has 0 spiro atoms. The van der Waals surface area contributed by atoms with Gasteiger partial charge in [0.15, 0.2) is 0 Å². The molecule has 98 valence electrons. The molecule has 0 radical (unpaired) electrons. The molecule has 0 aliphatic heterocycles. The molecule has 0 aromatic carbocycles. The second-order valence-electron chi connectivity index (χ2n) is 7.12. The van der Waals surface area contributed by atoms with Crippen molar-refractivity contribution in [2.24, 2.45) is 0 Å². The molecule has 0 amide bonds. The Balaban J connectivity index is 0. The second-order valence-corrected chi connectivity index (χ2v) is 8.70. The van der Waals surface area contributed by atoms with E-state index in [1.165, 1.54) is 0 Å². The predicted molar refractivity (Wildman–Crippen MR) is 69.7 cm³/mol. The molecule has 0 aromatic rings. The second kappa shape index (κ2) is 6.97. The zero-order chi connectivity index (χ0) is 13.2. The van der Waals surface area contributed by atoms with E-state index in [1.807, 2.05) is 62.3 Å². The molecule has 0 saturated carbocycles. The van der Waals surface area contributed by atoms with Gasteiger partial charge in [0.25, 0.3) is 0 Å². The van der Waals surface area contributed by atoms with E-state index >= 15 is 0 Å². The van der Waals surface area contributed by atoms with Crippen LogP contribution in [0.25, 0.3) is 0 Å². The van der Waals surface area contributed by atoms with E-state index in [2.05, 4.69) is 0 Å². The van der Waals surface area contributed by atoms with Crippen molar-refractivity contribution in [3.63, 3.8) is 0 Å². The van der Waals surface area contributed by atoms with Crippen molar-refractivity contribution in [3.8, 4) is 0 Å². The van der Waals surface area contributed by atoms with Crippen LogP contribution < -0.4 is 18.9 Å². The van der Waals surface area contributed by atoms with Crippen LogP contribution in [-0.4, -0.2) is 32.0 Å². The fourth-order valence-electron chi connectivity index (χ4n) is 1.15. The Morgan fingerprint density at radius 2 is 0.706 bits per heavy atom. The van der Waals surface area contributed by atoms with Crippen LogP contribution in [-0.2, 0) is 11.4 Å². The average molecular weight is 254 g/mol. The van der Waals surface area contributed by atoms with Crippen molar-refractivity contribution >= 4 is 15.1 Å². The van der Waals surface area contributed by atoms with E-state index in [-0.39, 0.29) is 35.7 Å². The molecule has 0 aliphatic rings. The molecule has 5 heteroatoms. The number of rotatable bonds is 3. The van der Waals surface area contributed by atoms with Crippen molar-refractivity contribution in [3.05, 3.63) is 0 Å². The molecule has 3 nitrogen and oxygen atoms in total. The van der Waals surface area contributed by atoms with Crippen LogP contribution in [0.1, 0.15) is 62.3 Å². The van der Waals surface area contributed by atoms with Crippen LogP contribution in [0.3, 0.4) is 0 Å². The standard InChI is InChI=1S/3C4H9O.Al.Li.H/c3*1-4(2,3)5;;;/h3*1-3H3;;;/q3*-1;+2;+1;. The summed E-state index contributed by atoms with van der Waals surface area (Å²) in [5.74, 6) is 0. The van der Waals surface area contributed by atoms with E-state index in [9.17, 15) is 0 Å².